The molecule has 0 fully saturated rings. The highest BCUT2D eigenvalue weighted by atomic mass is 19.1. The van der Waals surface area contributed by atoms with Gasteiger partial charge in [0.05, 0.1) is 12.1 Å². The molecule has 0 aliphatic heterocycles. The second-order valence-electron chi connectivity index (χ2n) is 4.94. The van der Waals surface area contributed by atoms with E-state index in [0.29, 0.717) is 17.4 Å². The molecular weight excluding hydrogens is 299 g/mol. The topological polar surface area (TPSA) is 93.0 Å². The van der Waals surface area contributed by atoms with Gasteiger partial charge in [-0.25, -0.2) is 9.18 Å². The third-order valence-electron chi connectivity index (χ3n) is 3.42. The van der Waals surface area contributed by atoms with Gasteiger partial charge in [0, 0.05) is 5.39 Å². The lowest BCUT2D eigenvalue weighted by molar-refractivity contribution is 0.255. The molecule has 3 N–H and O–H groups in total. The van der Waals surface area contributed by atoms with Gasteiger partial charge in [-0.05, 0) is 23.8 Å². The molecule has 116 valence electrons. The lowest BCUT2D eigenvalue weighted by Crippen LogP contribution is -2.01. The molecule has 1 heterocycles. The number of benzene rings is 2. The molecule has 0 spiro atoms. The SMILES string of the molecule is NC(=O)N=Nc1c(O)n(Cc2ccc(F)cc2)c2ccccc12. The Morgan fingerprint density at radius 1 is 1.17 bits per heavy atom. The summed E-state index contributed by atoms with van der Waals surface area (Å²) in [6, 6.07) is 12.2. The van der Waals surface area contributed by atoms with Crippen LogP contribution in [0.2, 0.25) is 0 Å². The van der Waals surface area contributed by atoms with E-state index < -0.39 is 6.03 Å². The average molecular weight is 312 g/mol. The highest BCUT2D eigenvalue weighted by Gasteiger charge is 2.16. The van der Waals surface area contributed by atoms with Gasteiger partial charge in [-0.1, -0.05) is 35.4 Å². The monoisotopic (exact) mass is 312 g/mol. The van der Waals surface area contributed by atoms with Crippen LogP contribution >= 0.6 is 0 Å². The molecular formula is C16H13FN4O2. The third kappa shape index (κ3) is 2.89. The number of rotatable bonds is 3. The lowest BCUT2D eigenvalue weighted by Gasteiger charge is -2.07. The second kappa shape index (κ2) is 5.88. The molecule has 7 heteroatoms. The van der Waals surface area contributed by atoms with Crippen LogP contribution < -0.4 is 5.73 Å². The fraction of sp³-hybridized carbons (Fsp3) is 0.0625. The van der Waals surface area contributed by atoms with Crippen molar-refractivity contribution in [3.63, 3.8) is 0 Å². The molecule has 0 atom stereocenters. The molecule has 23 heavy (non-hydrogen) atoms. The van der Waals surface area contributed by atoms with Gasteiger partial charge in [-0.3, -0.25) is 0 Å². The molecule has 0 unspecified atom stereocenters. The Kier molecular flexibility index (Phi) is 3.76. The lowest BCUT2D eigenvalue weighted by atomic mass is 10.2. The van der Waals surface area contributed by atoms with Gasteiger partial charge in [-0.2, -0.15) is 0 Å². The summed E-state index contributed by atoms with van der Waals surface area (Å²) in [7, 11) is 0. The summed E-state index contributed by atoms with van der Waals surface area (Å²) < 4.78 is 14.6. The van der Waals surface area contributed by atoms with Crippen LogP contribution in [0.1, 0.15) is 5.56 Å². The van der Waals surface area contributed by atoms with Gasteiger partial charge in [-0.15, -0.1) is 5.11 Å². The van der Waals surface area contributed by atoms with E-state index in [4.69, 9.17) is 5.73 Å². The van der Waals surface area contributed by atoms with E-state index in [1.165, 1.54) is 12.1 Å². The molecule has 1 aromatic heterocycles. The fourth-order valence-electron chi connectivity index (χ4n) is 2.40. The largest absolute Gasteiger partial charge is 0.493 e. The number of halogens is 1. The van der Waals surface area contributed by atoms with E-state index in [2.05, 4.69) is 10.2 Å². The predicted octanol–water partition coefficient (Wildman–Crippen LogP) is 3.70. The number of nitrogens with two attached hydrogens (primary N) is 1. The van der Waals surface area contributed by atoms with Crippen molar-refractivity contribution in [2.45, 2.75) is 6.54 Å². The maximum atomic E-state index is 13.0. The molecule has 3 rings (SSSR count). The Hall–Kier alpha value is -3.22. The van der Waals surface area contributed by atoms with E-state index in [0.717, 1.165) is 5.56 Å². The van der Waals surface area contributed by atoms with Crippen LogP contribution in [0.25, 0.3) is 10.9 Å². The van der Waals surface area contributed by atoms with Gasteiger partial charge in [0.15, 0.2) is 5.69 Å². The number of amides is 2. The summed E-state index contributed by atoms with van der Waals surface area (Å²) in [4.78, 5) is 10.8. The number of fused-ring (bicyclic) bond motifs is 1. The number of para-hydroxylation sites is 1. The minimum absolute atomic E-state index is 0.138. The third-order valence-corrected chi connectivity index (χ3v) is 3.42. The summed E-state index contributed by atoms with van der Waals surface area (Å²) >= 11 is 0. The molecule has 0 bridgehead atoms. The number of nitrogens with zero attached hydrogens (tertiary/aromatic N) is 3. The van der Waals surface area contributed by atoms with Crippen LogP contribution in [0, 0.1) is 5.82 Å². The zero-order valence-corrected chi connectivity index (χ0v) is 12.0. The van der Waals surface area contributed by atoms with Crippen LogP contribution in [0.15, 0.2) is 58.8 Å². The molecule has 0 saturated heterocycles. The molecule has 0 radical (unpaired) electrons. The Morgan fingerprint density at radius 3 is 2.57 bits per heavy atom. The number of azo groups is 1. The van der Waals surface area contributed by atoms with Gasteiger partial charge in [0.2, 0.25) is 5.88 Å². The number of aromatic nitrogens is 1. The maximum Gasteiger partial charge on any atom is 0.356 e. The average Bonchev–Trinajstić information content (AvgIpc) is 2.80. The van der Waals surface area contributed by atoms with Crippen LogP contribution in [-0.2, 0) is 6.54 Å². The Balaban J connectivity index is 2.11. The number of urea groups is 1. The first-order valence-corrected chi connectivity index (χ1v) is 6.82. The van der Waals surface area contributed by atoms with Crippen molar-refractivity contribution in [3.8, 4) is 5.88 Å². The number of carbonyl (C=O) groups is 1. The minimum Gasteiger partial charge on any atom is -0.493 e. The first-order valence-electron chi connectivity index (χ1n) is 6.82. The number of carbonyl (C=O) groups excluding carboxylic acids is 1. The van der Waals surface area contributed by atoms with Crippen LogP contribution in [-0.4, -0.2) is 15.7 Å². The zero-order chi connectivity index (χ0) is 16.4. The molecule has 0 aliphatic carbocycles. The van der Waals surface area contributed by atoms with Gasteiger partial charge in [0.1, 0.15) is 5.82 Å². The summed E-state index contributed by atoms with van der Waals surface area (Å²) in [6.45, 7) is 0.318. The van der Waals surface area contributed by atoms with Crippen molar-refractivity contribution in [3.05, 3.63) is 59.9 Å². The van der Waals surface area contributed by atoms with Gasteiger partial charge < -0.3 is 15.4 Å². The molecule has 2 aromatic carbocycles. The minimum atomic E-state index is -0.945. The number of primary amides is 1. The van der Waals surface area contributed by atoms with Crippen LogP contribution in [0.4, 0.5) is 14.9 Å². The fourth-order valence-corrected chi connectivity index (χ4v) is 2.40. The first-order chi connectivity index (χ1) is 11.1. The molecule has 3 aromatic rings. The second-order valence-corrected chi connectivity index (χ2v) is 4.94. The van der Waals surface area contributed by atoms with Crippen molar-refractivity contribution < 1.29 is 14.3 Å². The first kappa shape index (κ1) is 14.7. The Morgan fingerprint density at radius 2 is 1.87 bits per heavy atom. The smallest absolute Gasteiger partial charge is 0.356 e. The van der Waals surface area contributed by atoms with Gasteiger partial charge >= 0.3 is 6.03 Å². The molecule has 6 nitrogen and oxygen atoms in total. The van der Waals surface area contributed by atoms with Crippen molar-refractivity contribution in [1.82, 2.24) is 4.57 Å². The van der Waals surface area contributed by atoms with E-state index in [9.17, 15) is 14.3 Å². The summed E-state index contributed by atoms with van der Waals surface area (Å²) in [5, 5.41) is 18.1. The molecule has 2 amide bonds. The molecule has 0 saturated carbocycles. The van der Waals surface area contributed by atoms with E-state index in [1.807, 2.05) is 12.1 Å². The number of hydrogen-bond acceptors (Lipinski definition) is 3. The predicted molar refractivity (Wildman–Crippen MR) is 83.2 cm³/mol. The normalized spacial score (nSPS) is 11.3. The van der Waals surface area contributed by atoms with Crippen molar-refractivity contribution in [2.75, 3.05) is 0 Å². The Bertz CT molecular complexity index is 900. The van der Waals surface area contributed by atoms with Crippen molar-refractivity contribution in [1.29, 1.82) is 0 Å². The van der Waals surface area contributed by atoms with Crippen LogP contribution in [0.3, 0.4) is 0 Å². The zero-order valence-electron chi connectivity index (χ0n) is 12.0. The number of aromatic hydroxyl groups is 1. The van der Waals surface area contributed by atoms with E-state index in [1.54, 1.807) is 28.8 Å². The van der Waals surface area contributed by atoms with E-state index >= 15 is 0 Å². The highest BCUT2D eigenvalue weighted by molar-refractivity contribution is 5.95. The Labute approximate surface area is 130 Å². The molecule has 0 aliphatic rings. The summed E-state index contributed by atoms with van der Waals surface area (Å²) in [5.41, 5.74) is 6.65. The standard InChI is InChI=1S/C16H13FN4O2/c17-11-7-5-10(6-8-11)9-21-13-4-2-1-3-12(13)14(15(21)22)19-20-16(18)23/h1-8,22H,9H2,(H2,18,23). The highest BCUT2D eigenvalue weighted by Crippen LogP contribution is 2.39. The van der Waals surface area contributed by atoms with E-state index in [-0.39, 0.29) is 17.4 Å². The van der Waals surface area contributed by atoms with Crippen molar-refractivity contribution in [2.24, 2.45) is 16.0 Å². The quantitative estimate of drug-likeness (QED) is 0.722. The van der Waals surface area contributed by atoms with Gasteiger partial charge in [0.25, 0.3) is 0 Å². The van der Waals surface area contributed by atoms with Crippen LogP contribution in [0.5, 0.6) is 5.88 Å². The summed E-state index contributed by atoms with van der Waals surface area (Å²) in [6.07, 6.45) is 0. The number of hydrogen-bond donors (Lipinski definition) is 2. The van der Waals surface area contributed by atoms with Crippen molar-refractivity contribution >= 4 is 22.6 Å². The summed E-state index contributed by atoms with van der Waals surface area (Å²) in [5.74, 6) is -0.466. The maximum absolute atomic E-state index is 13.0.